The first-order valence-electron chi connectivity index (χ1n) is 8.06. The highest BCUT2D eigenvalue weighted by Crippen LogP contribution is 2.34. The molecule has 1 atom stereocenters. The van der Waals surface area contributed by atoms with E-state index in [2.05, 4.69) is 0 Å². The van der Waals surface area contributed by atoms with E-state index in [1.165, 1.54) is 0 Å². The largest absolute Gasteiger partial charge is 0.377 e. The van der Waals surface area contributed by atoms with Crippen molar-refractivity contribution >= 4 is 29.3 Å². The summed E-state index contributed by atoms with van der Waals surface area (Å²) in [6.45, 7) is 4.48. The maximum atomic E-state index is 12.6. The number of para-hydroxylation sites is 1. The molecule has 1 aromatic rings. The minimum Gasteiger partial charge on any atom is -0.377 e. The fraction of sp³-hybridized carbons (Fsp3) is 0.529. The van der Waals surface area contributed by atoms with Gasteiger partial charge < -0.3 is 14.5 Å². The SMILES string of the molecule is CC1COCCN1C(=O)CCC(=O)N1CCSc2ccccc21. The Morgan fingerprint density at radius 2 is 2.00 bits per heavy atom. The Morgan fingerprint density at radius 1 is 1.22 bits per heavy atom. The van der Waals surface area contributed by atoms with Gasteiger partial charge in [-0.15, -0.1) is 11.8 Å². The average molecular weight is 334 g/mol. The molecule has 23 heavy (non-hydrogen) atoms. The summed E-state index contributed by atoms with van der Waals surface area (Å²) in [5.74, 6) is 0.984. The Balaban J connectivity index is 1.59. The Morgan fingerprint density at radius 3 is 2.83 bits per heavy atom. The van der Waals surface area contributed by atoms with Crippen molar-refractivity contribution in [2.75, 3.05) is 37.0 Å². The lowest BCUT2D eigenvalue weighted by Crippen LogP contribution is -2.47. The number of benzene rings is 1. The number of carbonyl (C=O) groups is 2. The van der Waals surface area contributed by atoms with E-state index in [0.717, 1.165) is 16.3 Å². The van der Waals surface area contributed by atoms with Crippen LogP contribution in [0.2, 0.25) is 0 Å². The summed E-state index contributed by atoms with van der Waals surface area (Å²) >= 11 is 1.77. The standard InChI is InChI=1S/C17H22N2O3S/c1-13-12-22-10-8-18(13)16(20)6-7-17(21)19-9-11-23-15-5-3-2-4-14(15)19/h2-5,13H,6-12H2,1H3. The molecule has 0 spiro atoms. The molecule has 2 aliphatic heterocycles. The summed E-state index contributed by atoms with van der Waals surface area (Å²) in [7, 11) is 0. The number of anilines is 1. The molecule has 0 saturated carbocycles. The summed E-state index contributed by atoms with van der Waals surface area (Å²) in [6.07, 6.45) is 0.539. The molecule has 0 N–H and O–H groups in total. The lowest BCUT2D eigenvalue weighted by molar-refractivity contribution is -0.140. The van der Waals surface area contributed by atoms with Crippen LogP contribution in [-0.4, -0.2) is 54.8 Å². The van der Waals surface area contributed by atoms with E-state index in [0.29, 0.717) is 26.3 Å². The molecule has 6 heteroatoms. The molecule has 124 valence electrons. The molecule has 5 nitrogen and oxygen atoms in total. The second kappa shape index (κ2) is 7.36. The van der Waals surface area contributed by atoms with E-state index in [1.54, 1.807) is 11.8 Å². The maximum absolute atomic E-state index is 12.6. The predicted molar refractivity (Wildman–Crippen MR) is 90.7 cm³/mol. The highest BCUT2D eigenvalue weighted by molar-refractivity contribution is 7.99. The molecule has 0 bridgehead atoms. The molecule has 2 aliphatic rings. The Labute approximate surface area is 141 Å². The highest BCUT2D eigenvalue weighted by atomic mass is 32.2. The molecule has 1 aromatic carbocycles. The van der Waals surface area contributed by atoms with Crippen LogP contribution in [0.1, 0.15) is 19.8 Å². The van der Waals surface area contributed by atoms with Gasteiger partial charge in [-0.1, -0.05) is 12.1 Å². The summed E-state index contributed by atoms with van der Waals surface area (Å²) in [6, 6.07) is 8.05. The number of amides is 2. The number of ether oxygens (including phenoxy) is 1. The van der Waals surface area contributed by atoms with Gasteiger partial charge in [0.15, 0.2) is 0 Å². The van der Waals surface area contributed by atoms with E-state index in [-0.39, 0.29) is 30.7 Å². The summed E-state index contributed by atoms with van der Waals surface area (Å²) in [5.41, 5.74) is 0.973. The van der Waals surface area contributed by atoms with Crippen molar-refractivity contribution in [3.05, 3.63) is 24.3 Å². The van der Waals surface area contributed by atoms with Gasteiger partial charge in [-0.3, -0.25) is 9.59 Å². The van der Waals surface area contributed by atoms with Crippen LogP contribution >= 0.6 is 11.8 Å². The van der Waals surface area contributed by atoms with Gasteiger partial charge in [0, 0.05) is 36.6 Å². The van der Waals surface area contributed by atoms with Crippen LogP contribution in [0.5, 0.6) is 0 Å². The van der Waals surface area contributed by atoms with Crippen molar-refractivity contribution in [2.45, 2.75) is 30.7 Å². The number of hydrogen-bond acceptors (Lipinski definition) is 4. The van der Waals surface area contributed by atoms with Crippen LogP contribution in [0.4, 0.5) is 5.69 Å². The quantitative estimate of drug-likeness (QED) is 0.850. The van der Waals surface area contributed by atoms with E-state index in [4.69, 9.17) is 4.74 Å². The number of fused-ring (bicyclic) bond motifs is 1. The maximum Gasteiger partial charge on any atom is 0.227 e. The predicted octanol–water partition coefficient (Wildman–Crippen LogP) is 2.15. The van der Waals surface area contributed by atoms with Gasteiger partial charge in [0.05, 0.1) is 24.9 Å². The zero-order valence-electron chi connectivity index (χ0n) is 13.4. The fourth-order valence-electron chi connectivity index (χ4n) is 3.02. The normalized spacial score (nSPS) is 21.0. The molecular formula is C17H22N2O3S. The van der Waals surface area contributed by atoms with Crippen LogP contribution < -0.4 is 4.90 Å². The van der Waals surface area contributed by atoms with Gasteiger partial charge in [0.25, 0.3) is 0 Å². The van der Waals surface area contributed by atoms with Crippen molar-refractivity contribution in [2.24, 2.45) is 0 Å². The molecule has 2 heterocycles. The van der Waals surface area contributed by atoms with Crippen molar-refractivity contribution in [3.8, 4) is 0 Å². The third-order valence-electron chi connectivity index (χ3n) is 4.27. The summed E-state index contributed by atoms with van der Waals surface area (Å²) < 4.78 is 5.35. The molecule has 0 aromatic heterocycles. The van der Waals surface area contributed by atoms with Gasteiger partial charge in [-0.2, -0.15) is 0 Å². The Hall–Kier alpha value is -1.53. The second-order valence-electron chi connectivity index (χ2n) is 5.87. The Kier molecular flexibility index (Phi) is 5.23. The molecule has 1 fully saturated rings. The number of rotatable bonds is 3. The number of morpholine rings is 1. The molecular weight excluding hydrogens is 312 g/mol. The minimum atomic E-state index is 0.0343. The fourth-order valence-corrected chi connectivity index (χ4v) is 4.01. The minimum absolute atomic E-state index is 0.0343. The van der Waals surface area contributed by atoms with Crippen molar-refractivity contribution in [3.63, 3.8) is 0 Å². The first-order valence-corrected chi connectivity index (χ1v) is 9.05. The highest BCUT2D eigenvalue weighted by Gasteiger charge is 2.26. The number of carbonyl (C=O) groups excluding carboxylic acids is 2. The van der Waals surface area contributed by atoms with Crippen LogP contribution in [0.15, 0.2) is 29.2 Å². The third kappa shape index (κ3) is 3.70. The third-order valence-corrected chi connectivity index (χ3v) is 5.31. The van der Waals surface area contributed by atoms with Gasteiger partial charge in [-0.25, -0.2) is 0 Å². The second-order valence-corrected chi connectivity index (χ2v) is 7.01. The first kappa shape index (κ1) is 16.3. The van der Waals surface area contributed by atoms with Gasteiger partial charge in [-0.05, 0) is 19.1 Å². The summed E-state index contributed by atoms with van der Waals surface area (Å²) in [5, 5.41) is 0. The number of hydrogen-bond donors (Lipinski definition) is 0. The van der Waals surface area contributed by atoms with Crippen molar-refractivity contribution < 1.29 is 14.3 Å². The monoisotopic (exact) mass is 334 g/mol. The van der Waals surface area contributed by atoms with Gasteiger partial charge in [0.1, 0.15) is 0 Å². The molecule has 0 aliphatic carbocycles. The average Bonchev–Trinajstić information content (AvgIpc) is 2.59. The topological polar surface area (TPSA) is 49.9 Å². The van der Waals surface area contributed by atoms with Crippen LogP contribution in [0.25, 0.3) is 0 Å². The van der Waals surface area contributed by atoms with E-state index in [9.17, 15) is 9.59 Å². The Bertz CT molecular complexity index is 593. The lowest BCUT2D eigenvalue weighted by atomic mass is 10.2. The summed E-state index contributed by atoms with van der Waals surface area (Å²) in [4.78, 5) is 29.7. The zero-order valence-corrected chi connectivity index (χ0v) is 14.2. The molecule has 0 radical (unpaired) electrons. The smallest absolute Gasteiger partial charge is 0.227 e. The zero-order chi connectivity index (χ0) is 16.2. The molecule has 2 amide bonds. The number of nitrogens with zero attached hydrogens (tertiary/aromatic N) is 2. The van der Waals surface area contributed by atoms with Crippen LogP contribution in [-0.2, 0) is 14.3 Å². The van der Waals surface area contributed by atoms with Gasteiger partial charge >= 0.3 is 0 Å². The molecule has 1 unspecified atom stereocenters. The first-order chi connectivity index (χ1) is 11.2. The van der Waals surface area contributed by atoms with Crippen LogP contribution in [0, 0.1) is 0 Å². The van der Waals surface area contributed by atoms with Crippen LogP contribution in [0.3, 0.4) is 0 Å². The lowest BCUT2D eigenvalue weighted by Gasteiger charge is -2.33. The van der Waals surface area contributed by atoms with E-state index < -0.39 is 0 Å². The van der Waals surface area contributed by atoms with Gasteiger partial charge in [0.2, 0.25) is 11.8 Å². The van der Waals surface area contributed by atoms with Crippen molar-refractivity contribution in [1.29, 1.82) is 0 Å². The number of thioether (sulfide) groups is 1. The molecule has 1 saturated heterocycles. The molecule has 3 rings (SSSR count). The van der Waals surface area contributed by atoms with E-state index >= 15 is 0 Å². The van der Waals surface area contributed by atoms with E-state index in [1.807, 2.05) is 41.0 Å². The van der Waals surface area contributed by atoms with Crippen molar-refractivity contribution in [1.82, 2.24) is 4.90 Å².